The van der Waals surface area contributed by atoms with Crippen molar-refractivity contribution in [2.24, 2.45) is 0 Å². The standard InChI is InChI=1S/C19H20N2O2S2/c1-3-21(4-2)25(22,23)16-12-9-15(10-13-16)11-14-19-20-17-7-5-6-8-18(17)24-19/h5-14H,3-4H2,1-2H3. The number of para-hydroxylation sites is 1. The average molecular weight is 373 g/mol. The van der Waals surface area contributed by atoms with Crippen LogP contribution in [0.4, 0.5) is 0 Å². The second-order valence-electron chi connectivity index (χ2n) is 5.51. The Morgan fingerprint density at radius 2 is 1.68 bits per heavy atom. The van der Waals surface area contributed by atoms with Gasteiger partial charge >= 0.3 is 0 Å². The first-order valence-electron chi connectivity index (χ1n) is 8.18. The number of sulfonamides is 1. The molecule has 2 aromatic carbocycles. The van der Waals surface area contributed by atoms with Gasteiger partial charge in [-0.25, -0.2) is 13.4 Å². The molecule has 0 saturated carbocycles. The highest BCUT2D eigenvalue weighted by atomic mass is 32.2. The van der Waals surface area contributed by atoms with Crippen molar-refractivity contribution in [3.63, 3.8) is 0 Å². The molecule has 3 rings (SSSR count). The number of nitrogens with zero attached hydrogens (tertiary/aromatic N) is 2. The van der Waals surface area contributed by atoms with Crippen molar-refractivity contribution in [2.45, 2.75) is 18.7 Å². The second-order valence-corrected chi connectivity index (χ2v) is 8.51. The molecule has 4 nitrogen and oxygen atoms in total. The highest BCUT2D eigenvalue weighted by Crippen LogP contribution is 2.23. The van der Waals surface area contributed by atoms with Crippen molar-refractivity contribution >= 4 is 43.7 Å². The maximum absolute atomic E-state index is 12.5. The lowest BCUT2D eigenvalue weighted by Crippen LogP contribution is -2.30. The highest BCUT2D eigenvalue weighted by molar-refractivity contribution is 7.89. The number of hydrogen-bond donors (Lipinski definition) is 0. The number of benzene rings is 2. The van der Waals surface area contributed by atoms with Gasteiger partial charge in [-0.3, -0.25) is 0 Å². The van der Waals surface area contributed by atoms with Crippen LogP contribution in [0.15, 0.2) is 53.4 Å². The molecule has 130 valence electrons. The van der Waals surface area contributed by atoms with E-state index in [1.807, 2.05) is 56.3 Å². The predicted octanol–water partition coefficient (Wildman–Crippen LogP) is 4.50. The molecule has 0 radical (unpaired) electrons. The van der Waals surface area contributed by atoms with Crippen molar-refractivity contribution in [1.82, 2.24) is 9.29 Å². The van der Waals surface area contributed by atoms with E-state index in [1.54, 1.807) is 23.5 Å². The van der Waals surface area contributed by atoms with E-state index < -0.39 is 10.0 Å². The first kappa shape index (κ1) is 17.8. The Bertz CT molecular complexity index is 953. The minimum absolute atomic E-state index is 0.327. The Hall–Kier alpha value is -2.02. The van der Waals surface area contributed by atoms with Gasteiger partial charge in [0, 0.05) is 13.1 Å². The van der Waals surface area contributed by atoms with E-state index in [1.165, 1.54) is 4.31 Å². The SMILES string of the molecule is CCN(CC)S(=O)(=O)c1ccc(C=Cc2nc3ccccc3s2)cc1. The van der Waals surface area contributed by atoms with Crippen LogP contribution in [0.25, 0.3) is 22.4 Å². The van der Waals surface area contributed by atoms with Crippen molar-refractivity contribution in [3.8, 4) is 0 Å². The molecule has 0 aliphatic carbocycles. The summed E-state index contributed by atoms with van der Waals surface area (Å²) in [4.78, 5) is 4.89. The summed E-state index contributed by atoms with van der Waals surface area (Å²) in [6.45, 7) is 4.63. The second kappa shape index (κ2) is 7.47. The van der Waals surface area contributed by atoms with Gasteiger partial charge in [-0.15, -0.1) is 11.3 Å². The third-order valence-electron chi connectivity index (χ3n) is 3.95. The van der Waals surface area contributed by atoms with E-state index >= 15 is 0 Å². The van der Waals surface area contributed by atoms with Crippen molar-refractivity contribution in [3.05, 3.63) is 59.1 Å². The molecule has 3 aromatic rings. The molecule has 6 heteroatoms. The van der Waals surface area contributed by atoms with Crippen LogP contribution in [0, 0.1) is 0 Å². The van der Waals surface area contributed by atoms with E-state index in [0.717, 1.165) is 20.8 Å². The summed E-state index contributed by atoms with van der Waals surface area (Å²) in [6.07, 6.45) is 3.91. The van der Waals surface area contributed by atoms with E-state index in [2.05, 4.69) is 11.1 Å². The molecule has 25 heavy (non-hydrogen) atoms. The van der Waals surface area contributed by atoms with Crippen LogP contribution in [0.1, 0.15) is 24.4 Å². The van der Waals surface area contributed by atoms with Gasteiger partial charge in [0.15, 0.2) is 0 Å². The van der Waals surface area contributed by atoms with Gasteiger partial charge in [0.25, 0.3) is 0 Å². The molecule has 0 spiro atoms. The summed E-state index contributed by atoms with van der Waals surface area (Å²) in [5.41, 5.74) is 1.94. The van der Waals surface area contributed by atoms with Gasteiger partial charge in [-0.2, -0.15) is 4.31 Å². The fourth-order valence-electron chi connectivity index (χ4n) is 2.59. The normalized spacial score (nSPS) is 12.4. The average Bonchev–Trinajstić information content (AvgIpc) is 3.04. The van der Waals surface area contributed by atoms with Crippen LogP contribution < -0.4 is 0 Å². The molecule has 0 N–H and O–H groups in total. The summed E-state index contributed by atoms with van der Waals surface area (Å²) in [6, 6.07) is 15.0. The summed E-state index contributed by atoms with van der Waals surface area (Å²) in [5.74, 6) is 0. The zero-order chi connectivity index (χ0) is 17.9. The third-order valence-corrected chi connectivity index (χ3v) is 7.02. The lowest BCUT2D eigenvalue weighted by atomic mass is 10.2. The van der Waals surface area contributed by atoms with Gasteiger partial charge in [-0.1, -0.05) is 44.2 Å². The molecule has 1 aromatic heterocycles. The first-order valence-corrected chi connectivity index (χ1v) is 10.4. The van der Waals surface area contributed by atoms with Gasteiger partial charge in [0.1, 0.15) is 5.01 Å². The summed E-state index contributed by atoms with van der Waals surface area (Å²) >= 11 is 1.63. The minimum atomic E-state index is -3.40. The highest BCUT2D eigenvalue weighted by Gasteiger charge is 2.20. The van der Waals surface area contributed by atoms with E-state index in [9.17, 15) is 8.42 Å². The summed E-state index contributed by atoms with van der Waals surface area (Å²) in [7, 11) is -3.40. The van der Waals surface area contributed by atoms with Crippen LogP contribution in [0.3, 0.4) is 0 Å². The molecule has 1 heterocycles. The van der Waals surface area contributed by atoms with E-state index in [4.69, 9.17) is 0 Å². The zero-order valence-corrected chi connectivity index (χ0v) is 15.8. The van der Waals surface area contributed by atoms with Crippen LogP contribution >= 0.6 is 11.3 Å². The molecule has 0 unspecified atom stereocenters. The molecular formula is C19H20N2O2S2. The predicted molar refractivity (Wildman–Crippen MR) is 105 cm³/mol. The molecule has 0 fully saturated rings. The van der Waals surface area contributed by atoms with E-state index in [0.29, 0.717) is 18.0 Å². The molecule has 0 amide bonds. The van der Waals surface area contributed by atoms with Crippen LogP contribution in [-0.4, -0.2) is 30.8 Å². The number of rotatable bonds is 6. The molecule has 0 saturated heterocycles. The fourth-order valence-corrected chi connectivity index (χ4v) is 4.92. The quantitative estimate of drug-likeness (QED) is 0.640. The van der Waals surface area contributed by atoms with Crippen molar-refractivity contribution < 1.29 is 8.42 Å². The zero-order valence-electron chi connectivity index (χ0n) is 14.2. The van der Waals surface area contributed by atoms with Gasteiger partial charge in [-0.05, 0) is 35.9 Å². The number of thiazole rings is 1. The molecule has 0 aliphatic heterocycles. The minimum Gasteiger partial charge on any atom is -0.237 e. The summed E-state index contributed by atoms with van der Waals surface area (Å²) in [5, 5.41) is 0.932. The van der Waals surface area contributed by atoms with E-state index in [-0.39, 0.29) is 0 Å². The topological polar surface area (TPSA) is 50.3 Å². The largest absolute Gasteiger partial charge is 0.243 e. The number of fused-ring (bicyclic) bond motifs is 1. The number of hydrogen-bond acceptors (Lipinski definition) is 4. The molecule has 0 atom stereocenters. The Kier molecular flexibility index (Phi) is 5.32. The Labute approximate surface area is 152 Å². The summed E-state index contributed by atoms with van der Waals surface area (Å²) < 4.78 is 27.6. The van der Waals surface area contributed by atoms with Crippen LogP contribution in [-0.2, 0) is 10.0 Å². The molecular weight excluding hydrogens is 352 g/mol. The van der Waals surface area contributed by atoms with Crippen molar-refractivity contribution in [2.75, 3.05) is 13.1 Å². The molecule has 0 bridgehead atoms. The fraction of sp³-hybridized carbons (Fsp3) is 0.211. The van der Waals surface area contributed by atoms with Gasteiger partial charge < -0.3 is 0 Å². The lowest BCUT2D eigenvalue weighted by molar-refractivity contribution is 0.445. The molecule has 0 aliphatic rings. The third kappa shape index (κ3) is 3.81. The Morgan fingerprint density at radius 3 is 2.32 bits per heavy atom. The van der Waals surface area contributed by atoms with Gasteiger partial charge in [0.2, 0.25) is 10.0 Å². The smallest absolute Gasteiger partial charge is 0.237 e. The Morgan fingerprint density at radius 1 is 1.00 bits per heavy atom. The van der Waals surface area contributed by atoms with Crippen LogP contribution in [0.5, 0.6) is 0 Å². The maximum atomic E-state index is 12.5. The van der Waals surface area contributed by atoms with Crippen LogP contribution in [0.2, 0.25) is 0 Å². The lowest BCUT2D eigenvalue weighted by Gasteiger charge is -2.18. The maximum Gasteiger partial charge on any atom is 0.243 e. The number of aromatic nitrogens is 1. The van der Waals surface area contributed by atoms with Crippen molar-refractivity contribution in [1.29, 1.82) is 0 Å². The monoisotopic (exact) mass is 372 g/mol. The van der Waals surface area contributed by atoms with Gasteiger partial charge in [0.05, 0.1) is 15.1 Å². The Balaban J connectivity index is 1.80. The first-order chi connectivity index (χ1) is 12.0.